The van der Waals surface area contributed by atoms with E-state index in [0.717, 1.165) is 12.1 Å². The Bertz CT molecular complexity index is 915. The van der Waals surface area contributed by atoms with Crippen LogP contribution in [0.2, 0.25) is 5.02 Å². The van der Waals surface area contributed by atoms with E-state index < -0.39 is 11.7 Å². The first-order valence-electron chi connectivity index (χ1n) is 7.26. The summed E-state index contributed by atoms with van der Waals surface area (Å²) in [4.78, 5) is 12.0. The molecule has 6 nitrogen and oxygen atoms in total. The van der Waals surface area contributed by atoms with Gasteiger partial charge < -0.3 is 16.4 Å². The summed E-state index contributed by atoms with van der Waals surface area (Å²) in [6.45, 7) is 0. The second-order valence-corrected chi connectivity index (χ2v) is 5.61. The zero-order valence-electron chi connectivity index (χ0n) is 13.0. The van der Waals surface area contributed by atoms with E-state index in [1.165, 1.54) is 24.7 Å². The number of hydrogen-bond donors (Lipinski definition) is 3. The fourth-order valence-corrected chi connectivity index (χ4v) is 2.19. The summed E-state index contributed by atoms with van der Waals surface area (Å²) in [5.74, 6) is 0.866. The summed E-state index contributed by atoms with van der Waals surface area (Å²) in [5, 5.41) is 6.13. The molecule has 0 radical (unpaired) electrons. The Kier molecular flexibility index (Phi) is 4.81. The van der Waals surface area contributed by atoms with E-state index in [9.17, 15) is 13.2 Å². The van der Waals surface area contributed by atoms with Crippen molar-refractivity contribution < 1.29 is 13.2 Å². The van der Waals surface area contributed by atoms with E-state index in [2.05, 4.69) is 25.6 Å². The van der Waals surface area contributed by atoms with E-state index in [1.54, 1.807) is 12.1 Å². The summed E-state index contributed by atoms with van der Waals surface area (Å²) in [5.41, 5.74) is 5.55. The molecule has 0 aliphatic carbocycles. The average molecular weight is 381 g/mol. The average Bonchev–Trinajstić information content (AvgIpc) is 2.60. The maximum absolute atomic E-state index is 12.8. The number of nitrogen functional groups attached to an aromatic ring is 1. The van der Waals surface area contributed by atoms with Crippen molar-refractivity contribution in [1.29, 1.82) is 0 Å². The molecule has 2 aromatic heterocycles. The standard InChI is InChI=1S/C16H12ClF3N6/c17-10-4-5-12(22-7-10)26-15-13(21)14(23-8-24-15)25-11-3-1-2-9(6-11)16(18,19)20/h1-8H,21H2,(H2,22,23,24,25,26). The Morgan fingerprint density at radius 3 is 2.35 bits per heavy atom. The van der Waals surface area contributed by atoms with Crippen molar-refractivity contribution in [1.82, 2.24) is 15.0 Å². The third kappa shape index (κ3) is 4.12. The van der Waals surface area contributed by atoms with Crippen molar-refractivity contribution in [2.24, 2.45) is 0 Å². The van der Waals surface area contributed by atoms with Crippen molar-refractivity contribution in [2.75, 3.05) is 16.4 Å². The van der Waals surface area contributed by atoms with Gasteiger partial charge >= 0.3 is 6.18 Å². The molecule has 10 heteroatoms. The number of nitrogens with zero attached hydrogens (tertiary/aromatic N) is 3. The van der Waals surface area contributed by atoms with Crippen LogP contribution in [0, 0.1) is 0 Å². The first-order valence-corrected chi connectivity index (χ1v) is 7.64. The number of aromatic nitrogens is 3. The van der Waals surface area contributed by atoms with E-state index >= 15 is 0 Å². The lowest BCUT2D eigenvalue weighted by Crippen LogP contribution is -2.07. The molecule has 0 aliphatic heterocycles. The monoisotopic (exact) mass is 380 g/mol. The lowest BCUT2D eigenvalue weighted by atomic mass is 10.2. The number of nitrogens with two attached hydrogens (primary N) is 1. The molecule has 3 aromatic rings. The van der Waals surface area contributed by atoms with E-state index in [4.69, 9.17) is 17.3 Å². The van der Waals surface area contributed by atoms with Crippen molar-refractivity contribution in [3.63, 3.8) is 0 Å². The number of benzene rings is 1. The number of halogens is 4. The SMILES string of the molecule is Nc1c(Nc2cccc(C(F)(F)F)c2)ncnc1Nc1ccc(Cl)cn1. The fourth-order valence-electron chi connectivity index (χ4n) is 2.08. The predicted molar refractivity (Wildman–Crippen MR) is 93.7 cm³/mol. The molecule has 0 spiro atoms. The van der Waals surface area contributed by atoms with E-state index in [0.29, 0.717) is 10.8 Å². The minimum atomic E-state index is -4.44. The summed E-state index contributed by atoms with van der Waals surface area (Å²) in [6, 6.07) is 7.98. The third-order valence-electron chi connectivity index (χ3n) is 3.31. The molecule has 0 amide bonds. The summed E-state index contributed by atoms with van der Waals surface area (Å²) in [6.07, 6.45) is -1.77. The normalized spacial score (nSPS) is 11.2. The predicted octanol–water partition coefficient (Wildman–Crippen LogP) is 4.61. The minimum Gasteiger partial charge on any atom is -0.393 e. The molecule has 0 unspecified atom stereocenters. The second kappa shape index (κ2) is 7.04. The van der Waals surface area contributed by atoms with Gasteiger partial charge in [-0.3, -0.25) is 0 Å². The van der Waals surface area contributed by atoms with Crippen LogP contribution < -0.4 is 16.4 Å². The van der Waals surface area contributed by atoms with Gasteiger partial charge in [-0.05, 0) is 30.3 Å². The Morgan fingerprint density at radius 1 is 0.962 bits per heavy atom. The molecule has 0 saturated carbocycles. The highest BCUT2D eigenvalue weighted by molar-refractivity contribution is 6.30. The van der Waals surface area contributed by atoms with Crippen molar-refractivity contribution in [2.45, 2.75) is 6.18 Å². The molecule has 0 bridgehead atoms. The molecule has 26 heavy (non-hydrogen) atoms. The maximum Gasteiger partial charge on any atom is 0.416 e. The largest absolute Gasteiger partial charge is 0.416 e. The first kappa shape index (κ1) is 17.7. The Morgan fingerprint density at radius 2 is 1.69 bits per heavy atom. The van der Waals surface area contributed by atoms with Gasteiger partial charge in [-0.1, -0.05) is 17.7 Å². The number of pyridine rings is 1. The zero-order chi connectivity index (χ0) is 18.7. The summed E-state index contributed by atoms with van der Waals surface area (Å²) < 4.78 is 38.4. The van der Waals surface area contributed by atoms with Crippen LogP contribution in [-0.4, -0.2) is 15.0 Å². The second-order valence-electron chi connectivity index (χ2n) is 5.17. The van der Waals surface area contributed by atoms with Crippen molar-refractivity contribution in [3.8, 4) is 0 Å². The third-order valence-corrected chi connectivity index (χ3v) is 3.53. The fraction of sp³-hybridized carbons (Fsp3) is 0.0625. The molecule has 0 fully saturated rings. The number of nitrogens with one attached hydrogen (secondary N) is 2. The lowest BCUT2D eigenvalue weighted by Gasteiger charge is -2.13. The van der Waals surface area contributed by atoms with Crippen LogP contribution in [0.4, 0.5) is 42.0 Å². The van der Waals surface area contributed by atoms with Gasteiger partial charge in [-0.25, -0.2) is 15.0 Å². The highest BCUT2D eigenvalue weighted by atomic mass is 35.5. The van der Waals surface area contributed by atoms with Crippen LogP contribution in [0.25, 0.3) is 0 Å². The van der Waals surface area contributed by atoms with Crippen LogP contribution >= 0.6 is 11.6 Å². The Labute approximate surface area is 151 Å². The van der Waals surface area contributed by atoms with Gasteiger partial charge in [0, 0.05) is 11.9 Å². The number of anilines is 5. The van der Waals surface area contributed by atoms with Gasteiger partial charge in [-0.15, -0.1) is 0 Å². The van der Waals surface area contributed by atoms with Gasteiger partial charge in [0.1, 0.15) is 17.8 Å². The molecule has 0 atom stereocenters. The van der Waals surface area contributed by atoms with Crippen molar-refractivity contribution >= 4 is 40.4 Å². The minimum absolute atomic E-state index is 0.127. The molecule has 134 valence electrons. The van der Waals surface area contributed by atoms with Crippen LogP contribution in [-0.2, 0) is 6.18 Å². The van der Waals surface area contributed by atoms with E-state index in [1.807, 2.05) is 0 Å². The molecular weight excluding hydrogens is 369 g/mol. The van der Waals surface area contributed by atoms with Crippen LogP contribution in [0.1, 0.15) is 5.56 Å². The maximum atomic E-state index is 12.8. The summed E-state index contributed by atoms with van der Waals surface area (Å²) in [7, 11) is 0. The molecule has 0 aliphatic rings. The van der Waals surface area contributed by atoms with Gasteiger partial charge in [0.15, 0.2) is 11.6 Å². The number of rotatable bonds is 4. The van der Waals surface area contributed by atoms with Crippen molar-refractivity contribution in [3.05, 3.63) is 59.5 Å². The van der Waals surface area contributed by atoms with Gasteiger partial charge in [0.05, 0.1) is 10.6 Å². The molecular formula is C16H12ClF3N6. The zero-order valence-corrected chi connectivity index (χ0v) is 13.8. The van der Waals surface area contributed by atoms with Crippen LogP contribution in [0.3, 0.4) is 0 Å². The molecule has 4 N–H and O–H groups in total. The van der Waals surface area contributed by atoms with Gasteiger partial charge in [0.25, 0.3) is 0 Å². The molecule has 3 rings (SSSR count). The van der Waals surface area contributed by atoms with E-state index in [-0.39, 0.29) is 23.0 Å². The Hall–Kier alpha value is -3.07. The highest BCUT2D eigenvalue weighted by Gasteiger charge is 2.30. The van der Waals surface area contributed by atoms with Crippen LogP contribution in [0.5, 0.6) is 0 Å². The number of hydrogen-bond acceptors (Lipinski definition) is 6. The molecule has 2 heterocycles. The number of alkyl halides is 3. The smallest absolute Gasteiger partial charge is 0.393 e. The topological polar surface area (TPSA) is 88.8 Å². The summed E-state index contributed by atoms with van der Waals surface area (Å²) >= 11 is 5.78. The highest BCUT2D eigenvalue weighted by Crippen LogP contribution is 2.32. The van der Waals surface area contributed by atoms with Gasteiger partial charge in [-0.2, -0.15) is 13.2 Å². The quantitative estimate of drug-likeness (QED) is 0.612. The van der Waals surface area contributed by atoms with Gasteiger partial charge in [0.2, 0.25) is 0 Å². The molecule has 0 saturated heterocycles. The molecule has 1 aromatic carbocycles. The Balaban J connectivity index is 1.84. The van der Waals surface area contributed by atoms with Crippen LogP contribution in [0.15, 0.2) is 48.9 Å². The lowest BCUT2D eigenvalue weighted by molar-refractivity contribution is -0.137. The first-order chi connectivity index (χ1) is 12.3.